The summed E-state index contributed by atoms with van der Waals surface area (Å²) in [5, 5.41) is 12.5. The van der Waals surface area contributed by atoms with Crippen molar-refractivity contribution in [3.8, 4) is 0 Å². The van der Waals surface area contributed by atoms with Crippen LogP contribution in [0.15, 0.2) is 66.0 Å². The van der Waals surface area contributed by atoms with Gasteiger partial charge in [-0.05, 0) is 61.6 Å². The van der Waals surface area contributed by atoms with Gasteiger partial charge in [0, 0.05) is 43.3 Å². The Labute approximate surface area is 296 Å². The van der Waals surface area contributed by atoms with Gasteiger partial charge in [-0.2, -0.15) is 0 Å². The second kappa shape index (κ2) is 19.4. The quantitative estimate of drug-likeness (QED) is 0.133. The van der Waals surface area contributed by atoms with E-state index < -0.39 is 12.1 Å². The number of rotatable bonds is 18. The van der Waals surface area contributed by atoms with E-state index >= 15 is 0 Å². The summed E-state index contributed by atoms with van der Waals surface area (Å²) < 4.78 is 5.63. The van der Waals surface area contributed by atoms with Gasteiger partial charge in [0.05, 0.1) is 29.9 Å². The standard InChI is InChI=1S/C39H55N5O4S/c1-27(2)36(43-38(46)44(5)24-34-26-49-37(41-34)28(3)4)35(45)22-31(20-29-12-8-6-9-13-29)16-17-33(21-30-14-10-7-11-15-30)42-39(47)48-25-32-18-19-40-23-32/h6-15,26-28,31-33,36,40H,16-25H2,1-5H3,(H,42,47)(H,43,46)/t31-,32?,33-,36+/m1/s1. The molecule has 10 heteroatoms. The highest BCUT2D eigenvalue weighted by molar-refractivity contribution is 7.09. The summed E-state index contributed by atoms with van der Waals surface area (Å²) in [7, 11) is 1.74. The predicted molar refractivity (Wildman–Crippen MR) is 197 cm³/mol. The number of carbonyl (C=O) groups is 3. The van der Waals surface area contributed by atoms with Gasteiger partial charge in [-0.15, -0.1) is 11.3 Å². The molecule has 4 atom stereocenters. The number of amides is 3. The predicted octanol–water partition coefficient (Wildman–Crippen LogP) is 6.98. The number of urea groups is 1. The zero-order valence-corrected chi connectivity index (χ0v) is 30.6. The van der Waals surface area contributed by atoms with Crippen molar-refractivity contribution in [2.75, 3.05) is 26.7 Å². The van der Waals surface area contributed by atoms with Crippen LogP contribution in [-0.4, -0.2) is 66.6 Å². The lowest BCUT2D eigenvalue weighted by atomic mass is 9.85. The first kappa shape index (κ1) is 38.0. The maximum Gasteiger partial charge on any atom is 0.407 e. The van der Waals surface area contributed by atoms with Gasteiger partial charge in [0.2, 0.25) is 0 Å². The van der Waals surface area contributed by atoms with Crippen LogP contribution in [0.5, 0.6) is 0 Å². The molecule has 4 rings (SSSR count). The highest BCUT2D eigenvalue weighted by atomic mass is 32.1. The topological polar surface area (TPSA) is 113 Å². The molecule has 3 aromatic rings. The van der Waals surface area contributed by atoms with E-state index in [0.717, 1.165) is 54.2 Å². The molecule has 9 nitrogen and oxygen atoms in total. The van der Waals surface area contributed by atoms with Crippen molar-refractivity contribution in [2.24, 2.45) is 17.8 Å². The minimum atomic E-state index is -0.617. The number of hydrogen-bond acceptors (Lipinski definition) is 7. The molecule has 1 aliphatic rings. The summed E-state index contributed by atoms with van der Waals surface area (Å²) in [5.74, 6) is 0.647. The van der Waals surface area contributed by atoms with E-state index in [0.29, 0.717) is 44.2 Å². The van der Waals surface area contributed by atoms with Gasteiger partial charge in [0.15, 0.2) is 5.78 Å². The molecule has 0 saturated carbocycles. The molecule has 266 valence electrons. The molecule has 0 radical (unpaired) electrons. The first-order valence-corrected chi connectivity index (χ1v) is 18.7. The normalized spacial score (nSPS) is 16.3. The molecule has 3 amide bonds. The highest BCUT2D eigenvalue weighted by Crippen LogP contribution is 2.24. The summed E-state index contributed by atoms with van der Waals surface area (Å²) in [5.41, 5.74) is 3.14. The summed E-state index contributed by atoms with van der Waals surface area (Å²) >= 11 is 1.60. The number of ether oxygens (including phenoxy) is 1. The minimum absolute atomic E-state index is 0.0191. The number of thiazole rings is 1. The molecule has 1 unspecified atom stereocenters. The molecule has 1 fully saturated rings. The molecule has 1 aliphatic heterocycles. The van der Waals surface area contributed by atoms with Crippen LogP contribution in [0, 0.1) is 17.8 Å². The second-order valence-electron chi connectivity index (χ2n) is 14.2. The van der Waals surface area contributed by atoms with Crippen LogP contribution in [0.3, 0.4) is 0 Å². The Morgan fingerprint density at radius 3 is 2.22 bits per heavy atom. The number of nitrogens with one attached hydrogen (secondary N) is 3. The first-order valence-electron chi connectivity index (χ1n) is 17.8. The van der Waals surface area contributed by atoms with Crippen molar-refractivity contribution in [3.05, 3.63) is 87.9 Å². The third kappa shape index (κ3) is 12.9. The Morgan fingerprint density at radius 2 is 1.63 bits per heavy atom. The molecule has 3 N–H and O–H groups in total. The fourth-order valence-corrected chi connectivity index (χ4v) is 7.12. The van der Waals surface area contributed by atoms with E-state index in [1.807, 2.05) is 55.6 Å². The van der Waals surface area contributed by atoms with Gasteiger partial charge in [0.1, 0.15) is 0 Å². The van der Waals surface area contributed by atoms with Gasteiger partial charge in [-0.25, -0.2) is 14.6 Å². The number of aromatic nitrogens is 1. The number of benzene rings is 2. The van der Waals surface area contributed by atoms with Crippen molar-refractivity contribution in [1.29, 1.82) is 0 Å². The Kier molecular flexibility index (Phi) is 15.1. The van der Waals surface area contributed by atoms with E-state index in [-0.39, 0.29) is 29.7 Å². The summed E-state index contributed by atoms with van der Waals surface area (Å²) in [4.78, 5) is 46.4. The number of nitrogens with zero attached hydrogens (tertiary/aromatic N) is 2. The van der Waals surface area contributed by atoms with Gasteiger partial charge in [0.25, 0.3) is 0 Å². The molecule has 1 saturated heterocycles. The van der Waals surface area contributed by atoms with Crippen molar-refractivity contribution >= 4 is 29.2 Å². The van der Waals surface area contributed by atoms with Crippen molar-refractivity contribution in [1.82, 2.24) is 25.8 Å². The smallest absolute Gasteiger partial charge is 0.407 e. The third-order valence-electron chi connectivity index (χ3n) is 9.14. The van der Waals surface area contributed by atoms with Crippen LogP contribution < -0.4 is 16.0 Å². The average Bonchev–Trinajstić information content (AvgIpc) is 3.78. The SMILES string of the molecule is CC(C)c1nc(CN(C)C(=O)N[C@H](C(=O)C[C@H](CC[C@H](Cc2ccccc2)NC(=O)OCC2CCNC2)Cc2ccccc2)C(C)C)cs1. The Balaban J connectivity index is 1.41. The average molecular weight is 690 g/mol. The molecule has 0 spiro atoms. The zero-order valence-electron chi connectivity index (χ0n) is 29.8. The zero-order chi connectivity index (χ0) is 35.2. The first-order chi connectivity index (χ1) is 23.6. The second-order valence-corrected chi connectivity index (χ2v) is 15.0. The van der Waals surface area contributed by atoms with Gasteiger partial charge < -0.3 is 25.6 Å². The minimum Gasteiger partial charge on any atom is -0.449 e. The number of carbonyl (C=O) groups excluding carboxylic acids is 3. The van der Waals surface area contributed by atoms with Crippen LogP contribution in [0.1, 0.15) is 81.1 Å². The Morgan fingerprint density at radius 1 is 0.959 bits per heavy atom. The molecule has 2 aromatic carbocycles. The largest absolute Gasteiger partial charge is 0.449 e. The van der Waals surface area contributed by atoms with Crippen LogP contribution >= 0.6 is 11.3 Å². The number of Topliss-reactive ketones (excluding diaryl/α,β-unsaturated/α-hetero) is 1. The van der Waals surface area contributed by atoms with Crippen molar-refractivity contribution in [3.63, 3.8) is 0 Å². The molecule has 49 heavy (non-hydrogen) atoms. The maximum atomic E-state index is 14.0. The fourth-order valence-electron chi connectivity index (χ4n) is 6.29. The van der Waals surface area contributed by atoms with E-state index in [1.165, 1.54) is 0 Å². The van der Waals surface area contributed by atoms with Gasteiger partial charge in [-0.3, -0.25) is 4.79 Å². The molecule has 0 aliphatic carbocycles. The lowest BCUT2D eigenvalue weighted by molar-refractivity contribution is -0.122. The third-order valence-corrected chi connectivity index (χ3v) is 10.3. The number of hydrogen-bond donors (Lipinski definition) is 3. The molecule has 2 heterocycles. The lowest BCUT2D eigenvalue weighted by Crippen LogP contribution is -2.49. The van der Waals surface area contributed by atoms with Crippen LogP contribution in [0.25, 0.3) is 0 Å². The molecular weight excluding hydrogens is 635 g/mol. The van der Waals surface area contributed by atoms with E-state index in [9.17, 15) is 14.4 Å². The van der Waals surface area contributed by atoms with E-state index in [4.69, 9.17) is 4.74 Å². The summed E-state index contributed by atoms with van der Waals surface area (Å²) in [6.07, 6.45) is 3.75. The Bertz CT molecular complexity index is 1440. The van der Waals surface area contributed by atoms with Gasteiger partial charge in [-0.1, -0.05) is 88.4 Å². The molecule has 0 bridgehead atoms. The number of alkyl carbamates (subject to hydrolysis) is 1. The lowest BCUT2D eigenvalue weighted by Gasteiger charge is -2.27. The molecular formula is C39H55N5O4S. The van der Waals surface area contributed by atoms with Crippen molar-refractivity contribution < 1.29 is 19.1 Å². The van der Waals surface area contributed by atoms with Crippen molar-refractivity contribution in [2.45, 2.75) is 90.8 Å². The van der Waals surface area contributed by atoms with Gasteiger partial charge >= 0.3 is 12.1 Å². The van der Waals surface area contributed by atoms with Crippen LogP contribution in [0.2, 0.25) is 0 Å². The number of ketones is 1. The van der Waals surface area contributed by atoms with Crippen LogP contribution in [-0.2, 0) is 28.9 Å². The fraction of sp³-hybridized carbons (Fsp3) is 0.538. The maximum absolute atomic E-state index is 14.0. The van der Waals surface area contributed by atoms with Crippen LogP contribution in [0.4, 0.5) is 9.59 Å². The Hall–Kier alpha value is -3.76. The summed E-state index contributed by atoms with van der Waals surface area (Å²) in [6, 6.07) is 19.3. The molecule has 1 aromatic heterocycles. The highest BCUT2D eigenvalue weighted by Gasteiger charge is 2.29. The van der Waals surface area contributed by atoms with E-state index in [1.54, 1.807) is 23.3 Å². The van der Waals surface area contributed by atoms with E-state index in [2.05, 4.69) is 59.0 Å². The monoisotopic (exact) mass is 689 g/mol. The summed E-state index contributed by atoms with van der Waals surface area (Å²) in [6.45, 7) is 10.8.